The molecule has 3 N–H and O–H groups in total. The van der Waals surface area contributed by atoms with Crippen LogP contribution in [0.4, 0.5) is 15.8 Å². The second kappa shape index (κ2) is 5.54. The molecular weight excluding hydrogens is 315 g/mol. The van der Waals surface area contributed by atoms with E-state index in [0.29, 0.717) is 5.56 Å². The first-order chi connectivity index (χ1) is 9.70. The van der Waals surface area contributed by atoms with E-state index < -0.39 is 20.7 Å². The molecule has 0 spiro atoms. The summed E-state index contributed by atoms with van der Waals surface area (Å²) >= 11 is 5.97. The minimum Gasteiger partial charge on any atom is -0.398 e. The van der Waals surface area contributed by atoms with Crippen LogP contribution >= 0.6 is 11.6 Å². The molecule has 0 aliphatic carbocycles. The molecular formula is C14H14ClFN2O2S. The maximum atomic E-state index is 13.9. The first kappa shape index (κ1) is 15.6. The highest BCUT2D eigenvalue weighted by atomic mass is 35.5. The first-order valence-corrected chi connectivity index (χ1v) is 7.91. The lowest BCUT2D eigenvalue weighted by molar-refractivity contribution is 0.570. The van der Waals surface area contributed by atoms with Gasteiger partial charge in [-0.1, -0.05) is 17.7 Å². The second-order valence-electron chi connectivity index (χ2n) is 4.73. The van der Waals surface area contributed by atoms with Gasteiger partial charge in [0.2, 0.25) is 0 Å². The topological polar surface area (TPSA) is 72.2 Å². The summed E-state index contributed by atoms with van der Waals surface area (Å²) in [6.07, 6.45) is 0. The maximum Gasteiger partial charge on any atom is 0.264 e. The van der Waals surface area contributed by atoms with Gasteiger partial charge in [0.15, 0.2) is 0 Å². The monoisotopic (exact) mass is 328 g/mol. The Bertz CT molecular complexity index is 807. The highest BCUT2D eigenvalue weighted by Crippen LogP contribution is 2.28. The van der Waals surface area contributed by atoms with E-state index in [9.17, 15) is 12.8 Å². The molecule has 21 heavy (non-hydrogen) atoms. The van der Waals surface area contributed by atoms with E-state index in [4.69, 9.17) is 17.3 Å². The SMILES string of the molecule is Cc1ccc(NS(=O)(=O)c2cc(N)c(C)cc2F)c(Cl)c1. The smallest absolute Gasteiger partial charge is 0.264 e. The van der Waals surface area contributed by atoms with Gasteiger partial charge < -0.3 is 5.73 Å². The van der Waals surface area contributed by atoms with E-state index >= 15 is 0 Å². The van der Waals surface area contributed by atoms with Crippen molar-refractivity contribution in [2.24, 2.45) is 0 Å². The van der Waals surface area contributed by atoms with Gasteiger partial charge in [-0.25, -0.2) is 12.8 Å². The molecule has 0 bridgehead atoms. The number of nitrogens with one attached hydrogen (secondary N) is 1. The van der Waals surface area contributed by atoms with Crippen molar-refractivity contribution in [3.63, 3.8) is 0 Å². The molecule has 0 aliphatic heterocycles. The highest BCUT2D eigenvalue weighted by Gasteiger charge is 2.21. The molecule has 0 aromatic heterocycles. The van der Waals surface area contributed by atoms with Crippen molar-refractivity contribution < 1.29 is 12.8 Å². The minimum atomic E-state index is -4.11. The number of rotatable bonds is 3. The van der Waals surface area contributed by atoms with Crippen molar-refractivity contribution in [3.8, 4) is 0 Å². The first-order valence-electron chi connectivity index (χ1n) is 6.05. The van der Waals surface area contributed by atoms with Gasteiger partial charge in [0, 0.05) is 5.69 Å². The largest absolute Gasteiger partial charge is 0.398 e. The van der Waals surface area contributed by atoms with Gasteiger partial charge in [0.05, 0.1) is 10.7 Å². The molecule has 0 radical (unpaired) electrons. The number of nitrogens with two attached hydrogens (primary N) is 1. The molecule has 0 aliphatic rings. The third-order valence-electron chi connectivity index (χ3n) is 2.98. The molecule has 2 aromatic rings. The molecule has 0 amide bonds. The summed E-state index contributed by atoms with van der Waals surface area (Å²) in [4.78, 5) is -0.512. The van der Waals surface area contributed by atoms with Crippen LogP contribution in [0.5, 0.6) is 0 Å². The van der Waals surface area contributed by atoms with Crippen molar-refractivity contribution in [3.05, 3.63) is 52.3 Å². The number of nitrogen functional groups attached to an aromatic ring is 1. The van der Waals surface area contributed by atoms with Crippen molar-refractivity contribution in [1.29, 1.82) is 0 Å². The van der Waals surface area contributed by atoms with Gasteiger partial charge in [0.1, 0.15) is 10.7 Å². The summed E-state index contributed by atoms with van der Waals surface area (Å²) in [5, 5.41) is 0.235. The maximum absolute atomic E-state index is 13.9. The van der Waals surface area contributed by atoms with Crippen LogP contribution in [0.25, 0.3) is 0 Å². The normalized spacial score (nSPS) is 11.4. The molecule has 112 valence electrons. The fourth-order valence-electron chi connectivity index (χ4n) is 1.78. The average molecular weight is 329 g/mol. The van der Waals surface area contributed by atoms with Gasteiger partial charge in [-0.15, -0.1) is 0 Å². The zero-order valence-corrected chi connectivity index (χ0v) is 13.0. The Morgan fingerprint density at radius 1 is 1.19 bits per heavy atom. The summed E-state index contributed by atoms with van der Waals surface area (Å²) < 4.78 is 40.7. The second-order valence-corrected chi connectivity index (χ2v) is 6.79. The van der Waals surface area contributed by atoms with Crippen LogP contribution in [0.3, 0.4) is 0 Å². The van der Waals surface area contributed by atoms with Crippen LogP contribution in [-0.4, -0.2) is 8.42 Å². The van der Waals surface area contributed by atoms with E-state index in [1.807, 2.05) is 6.92 Å². The van der Waals surface area contributed by atoms with Crippen molar-refractivity contribution in [2.75, 3.05) is 10.5 Å². The molecule has 0 fully saturated rings. The predicted octanol–water partition coefficient (Wildman–Crippen LogP) is 3.48. The Kier molecular flexibility index (Phi) is 4.11. The lowest BCUT2D eigenvalue weighted by Crippen LogP contribution is -2.15. The van der Waals surface area contributed by atoms with Gasteiger partial charge in [-0.2, -0.15) is 0 Å². The quantitative estimate of drug-likeness (QED) is 0.847. The molecule has 0 saturated carbocycles. The van der Waals surface area contributed by atoms with E-state index in [1.54, 1.807) is 19.1 Å². The number of hydrogen-bond donors (Lipinski definition) is 2. The van der Waals surface area contributed by atoms with Crippen molar-refractivity contribution in [1.82, 2.24) is 0 Å². The summed E-state index contributed by atoms with van der Waals surface area (Å²) in [5.74, 6) is -0.863. The van der Waals surface area contributed by atoms with Crippen LogP contribution < -0.4 is 10.5 Å². The van der Waals surface area contributed by atoms with Crippen molar-refractivity contribution in [2.45, 2.75) is 18.7 Å². The van der Waals surface area contributed by atoms with Crippen LogP contribution in [0.15, 0.2) is 35.2 Å². The van der Waals surface area contributed by atoms with E-state index in [-0.39, 0.29) is 16.4 Å². The third-order valence-corrected chi connectivity index (χ3v) is 4.67. The molecule has 4 nitrogen and oxygen atoms in total. The molecule has 0 atom stereocenters. The van der Waals surface area contributed by atoms with Crippen LogP contribution in [0, 0.1) is 19.7 Å². The molecule has 7 heteroatoms. The average Bonchev–Trinajstić information content (AvgIpc) is 2.37. The molecule has 2 rings (SSSR count). The van der Waals surface area contributed by atoms with Crippen LogP contribution in [0.1, 0.15) is 11.1 Å². The Morgan fingerprint density at radius 3 is 2.48 bits per heavy atom. The van der Waals surface area contributed by atoms with Gasteiger partial charge in [0.25, 0.3) is 10.0 Å². The Morgan fingerprint density at radius 2 is 1.86 bits per heavy atom. The van der Waals surface area contributed by atoms with Crippen LogP contribution in [-0.2, 0) is 10.0 Å². The summed E-state index contributed by atoms with van der Waals surface area (Å²) in [6.45, 7) is 3.42. The molecule has 0 heterocycles. The summed E-state index contributed by atoms with van der Waals surface area (Å²) in [6, 6.07) is 7.00. The number of aryl methyl sites for hydroxylation is 2. The van der Waals surface area contributed by atoms with E-state index in [0.717, 1.165) is 17.7 Å². The Labute approximate surface area is 127 Å². The lowest BCUT2D eigenvalue weighted by atomic mass is 10.2. The number of sulfonamides is 1. The lowest BCUT2D eigenvalue weighted by Gasteiger charge is -2.12. The van der Waals surface area contributed by atoms with Crippen molar-refractivity contribution >= 4 is 33.0 Å². The standard InChI is InChI=1S/C14H14ClFN2O2S/c1-8-3-4-13(10(15)5-8)18-21(19,20)14-7-12(17)9(2)6-11(14)16/h3-7,18H,17H2,1-2H3. The number of benzene rings is 2. The summed E-state index contributed by atoms with van der Waals surface area (Å²) in [5.41, 5.74) is 7.38. The predicted molar refractivity (Wildman–Crippen MR) is 82.5 cm³/mol. The number of anilines is 2. The van der Waals surface area contributed by atoms with Gasteiger partial charge in [-0.3, -0.25) is 4.72 Å². The molecule has 0 saturated heterocycles. The highest BCUT2D eigenvalue weighted by molar-refractivity contribution is 7.92. The number of hydrogen-bond acceptors (Lipinski definition) is 3. The molecule has 2 aromatic carbocycles. The Hall–Kier alpha value is -1.79. The van der Waals surface area contributed by atoms with Crippen LogP contribution in [0.2, 0.25) is 5.02 Å². The number of halogens is 2. The zero-order chi connectivity index (χ0) is 15.8. The fraction of sp³-hybridized carbons (Fsp3) is 0.143. The van der Waals surface area contributed by atoms with Gasteiger partial charge >= 0.3 is 0 Å². The zero-order valence-electron chi connectivity index (χ0n) is 11.4. The van der Waals surface area contributed by atoms with Gasteiger partial charge in [-0.05, 0) is 49.2 Å². The minimum absolute atomic E-state index is 0.181. The molecule has 0 unspecified atom stereocenters. The summed E-state index contributed by atoms with van der Waals surface area (Å²) in [7, 11) is -4.11. The van der Waals surface area contributed by atoms with E-state index in [1.165, 1.54) is 6.07 Å². The fourth-order valence-corrected chi connectivity index (χ4v) is 3.29. The Balaban J connectivity index is 2.46. The third kappa shape index (κ3) is 3.28. The van der Waals surface area contributed by atoms with E-state index in [2.05, 4.69) is 4.72 Å².